The number of para-hydroxylation sites is 1. The third-order valence-electron chi connectivity index (χ3n) is 8.65. The minimum absolute atomic E-state index is 0.00545. The number of aliphatic hydroxyl groups excluding tert-OH is 1. The van der Waals surface area contributed by atoms with E-state index in [0.29, 0.717) is 25.9 Å². The second kappa shape index (κ2) is 10.7. The van der Waals surface area contributed by atoms with Crippen molar-refractivity contribution >= 4 is 24.9 Å². The van der Waals surface area contributed by atoms with Gasteiger partial charge in [0.1, 0.15) is 5.75 Å². The van der Waals surface area contributed by atoms with Crippen LogP contribution in [0.2, 0.25) is 18.6 Å². The highest BCUT2D eigenvalue weighted by atomic mass is 28.3. The fraction of sp³-hybridized carbons (Fsp3) is 0.433. The molecule has 8 nitrogen and oxygen atoms in total. The summed E-state index contributed by atoms with van der Waals surface area (Å²) < 4.78 is 14.3. The molecule has 5 rings (SSSR count). The van der Waals surface area contributed by atoms with Gasteiger partial charge >= 0.3 is 0 Å². The Morgan fingerprint density at radius 1 is 1.21 bits per heavy atom. The van der Waals surface area contributed by atoms with E-state index in [1.165, 1.54) is 5.19 Å². The molecule has 1 saturated heterocycles. The van der Waals surface area contributed by atoms with Crippen molar-refractivity contribution in [3.63, 3.8) is 0 Å². The van der Waals surface area contributed by atoms with Crippen LogP contribution in [-0.4, -0.2) is 60.4 Å². The zero-order valence-electron chi connectivity index (χ0n) is 23.2. The number of carbonyl (C=O) groups is 1. The third kappa shape index (κ3) is 4.52. The van der Waals surface area contributed by atoms with Crippen LogP contribution < -0.4 is 14.8 Å². The predicted molar refractivity (Wildman–Crippen MR) is 154 cm³/mol. The first-order valence-electron chi connectivity index (χ1n) is 13.6. The van der Waals surface area contributed by atoms with Gasteiger partial charge in [-0.05, 0) is 30.2 Å². The molecule has 3 heterocycles. The molecule has 0 unspecified atom stereocenters. The molecule has 0 bridgehead atoms. The monoisotopic (exact) mass is 546 g/mol. The SMILES string of the molecule is C=CCN1C(=O)[C@@]2(O[C@@H](CCn3cc(CCO)nn3)[C@H]([Si](C)(C)c3ccc(OC)cc3)[C@H]2C)c2ccccc21. The highest BCUT2D eigenvalue weighted by molar-refractivity contribution is 6.91. The zero-order valence-corrected chi connectivity index (χ0v) is 24.2. The Morgan fingerprint density at radius 3 is 2.64 bits per heavy atom. The van der Waals surface area contributed by atoms with Gasteiger partial charge in [0.25, 0.3) is 5.91 Å². The van der Waals surface area contributed by atoms with Crippen LogP contribution in [0.1, 0.15) is 24.6 Å². The summed E-state index contributed by atoms with van der Waals surface area (Å²) in [5, 5.41) is 19.0. The molecule has 39 heavy (non-hydrogen) atoms. The third-order valence-corrected chi connectivity index (χ3v) is 13.0. The van der Waals surface area contributed by atoms with E-state index in [0.717, 1.165) is 22.7 Å². The summed E-state index contributed by atoms with van der Waals surface area (Å²) in [6.07, 6.45) is 4.67. The molecule has 1 aromatic heterocycles. The lowest BCUT2D eigenvalue weighted by Crippen LogP contribution is -2.51. The summed E-state index contributed by atoms with van der Waals surface area (Å²) in [4.78, 5) is 16.1. The molecule has 2 aliphatic heterocycles. The Morgan fingerprint density at radius 2 is 1.95 bits per heavy atom. The Labute approximate surface area is 231 Å². The molecule has 1 fully saturated rings. The van der Waals surface area contributed by atoms with Crippen molar-refractivity contribution in [2.24, 2.45) is 5.92 Å². The van der Waals surface area contributed by atoms with Crippen molar-refractivity contribution in [3.8, 4) is 5.75 Å². The van der Waals surface area contributed by atoms with Crippen LogP contribution in [0, 0.1) is 5.92 Å². The van der Waals surface area contributed by atoms with Crippen molar-refractivity contribution < 1.29 is 19.4 Å². The van der Waals surface area contributed by atoms with Crippen LogP contribution in [0.4, 0.5) is 5.69 Å². The molecule has 1 N–H and O–H groups in total. The van der Waals surface area contributed by atoms with E-state index in [1.807, 2.05) is 52.2 Å². The molecule has 3 aromatic rings. The number of aliphatic hydroxyl groups is 1. The highest BCUT2D eigenvalue weighted by Crippen LogP contribution is 2.59. The Kier molecular flexibility index (Phi) is 7.50. The fourth-order valence-electron chi connectivity index (χ4n) is 6.78. The van der Waals surface area contributed by atoms with E-state index in [-0.39, 0.29) is 30.1 Å². The summed E-state index contributed by atoms with van der Waals surface area (Å²) in [5.41, 5.74) is 1.73. The smallest absolute Gasteiger partial charge is 0.264 e. The molecular weight excluding hydrogens is 508 g/mol. The summed E-state index contributed by atoms with van der Waals surface area (Å²) in [6, 6.07) is 16.4. The molecule has 206 valence electrons. The number of aryl methyl sites for hydroxylation is 1. The minimum atomic E-state index is -2.19. The van der Waals surface area contributed by atoms with Gasteiger partial charge < -0.3 is 19.5 Å². The Hall–Kier alpha value is -3.27. The number of ether oxygens (including phenoxy) is 2. The maximum absolute atomic E-state index is 14.3. The number of fused-ring (bicyclic) bond motifs is 2. The number of aromatic nitrogens is 3. The van der Waals surface area contributed by atoms with Crippen LogP contribution in [-0.2, 0) is 28.1 Å². The Balaban J connectivity index is 1.55. The average Bonchev–Trinajstić information content (AvgIpc) is 3.58. The van der Waals surface area contributed by atoms with Crippen LogP contribution in [0.15, 0.2) is 67.4 Å². The first kappa shape index (κ1) is 27.3. The molecule has 2 aliphatic rings. The second-order valence-electron chi connectivity index (χ2n) is 11.1. The highest BCUT2D eigenvalue weighted by Gasteiger charge is 2.65. The van der Waals surface area contributed by atoms with Gasteiger partial charge in [0, 0.05) is 43.8 Å². The number of rotatable bonds is 10. The number of nitrogens with zero attached hydrogens (tertiary/aromatic N) is 4. The lowest BCUT2D eigenvalue weighted by Gasteiger charge is -2.37. The van der Waals surface area contributed by atoms with E-state index in [4.69, 9.17) is 9.47 Å². The number of anilines is 1. The zero-order chi connectivity index (χ0) is 27.8. The van der Waals surface area contributed by atoms with Crippen LogP contribution in [0.5, 0.6) is 5.75 Å². The maximum Gasteiger partial charge on any atom is 0.264 e. The predicted octanol–water partition coefficient (Wildman–Crippen LogP) is 3.66. The van der Waals surface area contributed by atoms with Crippen molar-refractivity contribution in [2.45, 2.75) is 56.7 Å². The minimum Gasteiger partial charge on any atom is -0.497 e. The number of amides is 1. The van der Waals surface area contributed by atoms with E-state index < -0.39 is 13.7 Å². The number of methoxy groups -OCH3 is 1. The fourth-order valence-corrected chi connectivity index (χ4v) is 10.8. The first-order chi connectivity index (χ1) is 18.8. The largest absolute Gasteiger partial charge is 0.497 e. The summed E-state index contributed by atoms with van der Waals surface area (Å²) >= 11 is 0. The standard InChI is InChI=1S/C30H38N4O4Si/c1-6-17-34-26-10-8-7-9-25(26)30(29(34)36)21(2)28(39(4,5)24-13-11-23(37-3)12-14-24)27(38-30)15-18-33-20-22(16-19-35)31-32-33/h6-14,20-21,27-28,35H,1,15-19H2,2-5H3/t21-,27+,28-,30+/m1/s1. The molecule has 0 radical (unpaired) electrons. The lowest BCUT2D eigenvalue weighted by molar-refractivity contribution is -0.145. The summed E-state index contributed by atoms with van der Waals surface area (Å²) in [7, 11) is -0.510. The van der Waals surface area contributed by atoms with Crippen molar-refractivity contribution in [1.29, 1.82) is 0 Å². The van der Waals surface area contributed by atoms with E-state index in [9.17, 15) is 9.90 Å². The van der Waals surface area contributed by atoms with Gasteiger partial charge in [-0.15, -0.1) is 11.7 Å². The molecular formula is C30H38N4O4Si. The van der Waals surface area contributed by atoms with Gasteiger partial charge in [0.2, 0.25) is 0 Å². The Bertz CT molecular complexity index is 1340. The number of hydrogen-bond acceptors (Lipinski definition) is 6. The maximum atomic E-state index is 14.3. The van der Waals surface area contributed by atoms with Gasteiger partial charge in [-0.3, -0.25) is 9.48 Å². The van der Waals surface area contributed by atoms with Crippen LogP contribution in [0.25, 0.3) is 0 Å². The van der Waals surface area contributed by atoms with Gasteiger partial charge in [0.15, 0.2) is 5.60 Å². The summed E-state index contributed by atoms with van der Waals surface area (Å²) in [5.74, 6) is 0.779. The summed E-state index contributed by atoms with van der Waals surface area (Å²) in [6.45, 7) is 12.0. The van der Waals surface area contributed by atoms with E-state index in [2.05, 4.69) is 49.0 Å². The topological polar surface area (TPSA) is 89.7 Å². The first-order valence-corrected chi connectivity index (χ1v) is 16.7. The van der Waals surface area contributed by atoms with Crippen LogP contribution in [0.3, 0.4) is 0 Å². The number of carbonyl (C=O) groups excluding carboxylic acids is 1. The van der Waals surface area contributed by atoms with Crippen molar-refractivity contribution in [2.75, 3.05) is 25.2 Å². The molecule has 4 atom stereocenters. The molecule has 9 heteroatoms. The van der Waals surface area contributed by atoms with E-state index >= 15 is 0 Å². The second-order valence-corrected chi connectivity index (χ2v) is 15.8. The normalized spacial score (nSPS) is 24.4. The quantitative estimate of drug-likeness (QED) is 0.308. The van der Waals surface area contributed by atoms with Gasteiger partial charge in [-0.2, -0.15) is 0 Å². The van der Waals surface area contributed by atoms with Crippen LogP contribution >= 0.6 is 0 Å². The van der Waals surface area contributed by atoms with Crippen molar-refractivity contribution in [1.82, 2.24) is 15.0 Å². The number of benzene rings is 2. The van der Waals surface area contributed by atoms with Gasteiger partial charge in [-0.25, -0.2) is 0 Å². The number of hydrogen-bond donors (Lipinski definition) is 1. The molecule has 0 aliphatic carbocycles. The average molecular weight is 547 g/mol. The molecule has 1 spiro atoms. The molecule has 1 amide bonds. The van der Waals surface area contributed by atoms with Gasteiger partial charge in [-0.1, -0.05) is 66.8 Å². The molecule has 0 saturated carbocycles. The molecule has 2 aromatic carbocycles. The van der Waals surface area contributed by atoms with Crippen molar-refractivity contribution in [3.05, 3.63) is 78.6 Å². The van der Waals surface area contributed by atoms with E-state index in [1.54, 1.807) is 13.2 Å². The van der Waals surface area contributed by atoms with Gasteiger partial charge in [0.05, 0.1) is 32.7 Å². The lowest BCUT2D eigenvalue weighted by atomic mass is 9.82.